The van der Waals surface area contributed by atoms with Crippen LogP contribution in [0.2, 0.25) is 0 Å². The van der Waals surface area contributed by atoms with Gasteiger partial charge < -0.3 is 15.0 Å². The van der Waals surface area contributed by atoms with E-state index in [2.05, 4.69) is 5.32 Å². The molecule has 118 valence electrons. The first kappa shape index (κ1) is 17.2. The first-order chi connectivity index (χ1) is 9.21. The Labute approximate surface area is 117 Å². The number of methoxy groups -OCH3 is 1. The van der Waals surface area contributed by atoms with Crippen LogP contribution >= 0.6 is 0 Å². The summed E-state index contributed by atoms with van der Waals surface area (Å²) < 4.78 is 42.8. The first-order valence-electron chi connectivity index (χ1n) is 6.76. The Balaban J connectivity index is 2.66. The third-order valence-corrected chi connectivity index (χ3v) is 3.90. The fourth-order valence-electron chi connectivity index (χ4n) is 2.61. The monoisotopic (exact) mass is 296 g/mol. The Bertz CT molecular complexity index is 324. The van der Waals surface area contributed by atoms with Crippen LogP contribution in [0.4, 0.5) is 13.2 Å². The van der Waals surface area contributed by atoms with Gasteiger partial charge >= 0.3 is 12.1 Å². The van der Waals surface area contributed by atoms with Gasteiger partial charge in [0.05, 0.1) is 13.0 Å². The molecule has 1 rings (SSSR count). The number of nitrogens with one attached hydrogen (secondary N) is 1. The Kier molecular flexibility index (Phi) is 5.82. The molecule has 1 aliphatic carbocycles. The molecule has 0 atom stereocenters. The quantitative estimate of drug-likeness (QED) is 0.786. The Morgan fingerprint density at radius 1 is 1.35 bits per heavy atom. The number of carbonyl (C=O) groups is 1. The van der Waals surface area contributed by atoms with Gasteiger partial charge in [-0.1, -0.05) is 0 Å². The lowest BCUT2D eigenvalue weighted by molar-refractivity contribution is -0.188. The van der Waals surface area contributed by atoms with E-state index in [-0.39, 0.29) is 25.7 Å². The second-order valence-electron chi connectivity index (χ2n) is 5.62. The number of esters is 1. The van der Waals surface area contributed by atoms with E-state index in [0.29, 0.717) is 13.1 Å². The number of likely N-dealkylation sites (N-methyl/N-ethyl adjacent to an activating group) is 1. The maximum atomic E-state index is 12.7. The molecule has 20 heavy (non-hydrogen) atoms. The summed E-state index contributed by atoms with van der Waals surface area (Å²) in [6, 6.07) is 0. The number of alkyl halides is 3. The fraction of sp³-hybridized carbons (Fsp3) is 0.923. The molecule has 0 aromatic carbocycles. The molecule has 1 fully saturated rings. The molecule has 0 unspecified atom stereocenters. The third-order valence-electron chi connectivity index (χ3n) is 3.90. The molecule has 0 bridgehead atoms. The van der Waals surface area contributed by atoms with Gasteiger partial charge in [-0.05, 0) is 39.8 Å². The third kappa shape index (κ3) is 4.34. The van der Waals surface area contributed by atoms with E-state index >= 15 is 0 Å². The van der Waals surface area contributed by atoms with Gasteiger partial charge in [-0.3, -0.25) is 4.79 Å². The summed E-state index contributed by atoms with van der Waals surface area (Å²) in [6.45, 7) is 1.25. The van der Waals surface area contributed by atoms with Gasteiger partial charge in [0.25, 0.3) is 0 Å². The molecule has 0 spiro atoms. The summed E-state index contributed by atoms with van der Waals surface area (Å²) in [5, 5.41) is 3.11. The number of halogens is 3. The van der Waals surface area contributed by atoms with Gasteiger partial charge in [-0.2, -0.15) is 13.2 Å². The van der Waals surface area contributed by atoms with Crippen molar-refractivity contribution in [1.29, 1.82) is 0 Å². The van der Waals surface area contributed by atoms with Crippen LogP contribution in [0.15, 0.2) is 0 Å². The molecule has 0 aliphatic heterocycles. The standard InChI is InChI=1S/C13H23F3N2O2/c1-18(2)9-8-17-12(11(19)20-3)6-4-10(5-7-12)13(14,15)16/h10,17H,4-9H2,1-3H3. The van der Waals surface area contributed by atoms with E-state index in [1.807, 2.05) is 19.0 Å². The second kappa shape index (κ2) is 6.76. The number of hydrogen-bond donors (Lipinski definition) is 1. The van der Waals surface area contributed by atoms with Crippen molar-refractivity contribution in [2.24, 2.45) is 5.92 Å². The van der Waals surface area contributed by atoms with Gasteiger partial charge in [0, 0.05) is 13.1 Å². The zero-order valence-corrected chi connectivity index (χ0v) is 12.2. The van der Waals surface area contributed by atoms with Crippen molar-refractivity contribution in [2.45, 2.75) is 37.4 Å². The Morgan fingerprint density at radius 3 is 2.30 bits per heavy atom. The topological polar surface area (TPSA) is 41.6 Å². The number of ether oxygens (including phenoxy) is 1. The molecular formula is C13H23F3N2O2. The van der Waals surface area contributed by atoms with Crippen LogP contribution in [-0.4, -0.2) is 56.9 Å². The number of rotatable bonds is 5. The minimum Gasteiger partial charge on any atom is -0.468 e. The molecule has 7 heteroatoms. The predicted molar refractivity (Wildman–Crippen MR) is 69.3 cm³/mol. The lowest BCUT2D eigenvalue weighted by atomic mass is 9.76. The first-order valence-corrected chi connectivity index (χ1v) is 6.76. The minimum atomic E-state index is -4.17. The Morgan fingerprint density at radius 2 is 1.90 bits per heavy atom. The van der Waals surface area contributed by atoms with E-state index in [0.717, 1.165) is 0 Å². The van der Waals surface area contributed by atoms with E-state index < -0.39 is 23.6 Å². The highest BCUT2D eigenvalue weighted by molar-refractivity contribution is 5.80. The molecule has 0 radical (unpaired) electrons. The highest BCUT2D eigenvalue weighted by Crippen LogP contribution is 2.41. The zero-order valence-electron chi connectivity index (χ0n) is 12.2. The van der Waals surface area contributed by atoms with Crippen molar-refractivity contribution in [1.82, 2.24) is 10.2 Å². The summed E-state index contributed by atoms with van der Waals surface area (Å²) >= 11 is 0. The Hall–Kier alpha value is -0.820. The smallest absolute Gasteiger partial charge is 0.391 e. The van der Waals surface area contributed by atoms with Gasteiger partial charge in [-0.15, -0.1) is 0 Å². The van der Waals surface area contributed by atoms with E-state index in [1.165, 1.54) is 7.11 Å². The molecule has 0 aromatic rings. The largest absolute Gasteiger partial charge is 0.468 e. The highest BCUT2D eigenvalue weighted by atomic mass is 19.4. The van der Waals surface area contributed by atoms with Gasteiger partial charge in [-0.25, -0.2) is 0 Å². The number of hydrogen-bond acceptors (Lipinski definition) is 4. The van der Waals surface area contributed by atoms with Crippen LogP contribution in [0, 0.1) is 5.92 Å². The predicted octanol–water partition coefficient (Wildman–Crippen LogP) is 1.80. The lowest BCUT2D eigenvalue weighted by Gasteiger charge is -2.39. The molecule has 1 aliphatic rings. The zero-order chi connectivity index (χ0) is 15.4. The second-order valence-corrected chi connectivity index (χ2v) is 5.62. The van der Waals surface area contributed by atoms with Crippen LogP contribution in [0.3, 0.4) is 0 Å². The normalized spacial score (nSPS) is 27.6. The number of nitrogens with zero attached hydrogens (tertiary/aromatic N) is 1. The van der Waals surface area contributed by atoms with Crippen molar-refractivity contribution in [3.8, 4) is 0 Å². The number of carbonyl (C=O) groups excluding carboxylic acids is 1. The van der Waals surface area contributed by atoms with Crippen molar-refractivity contribution >= 4 is 5.97 Å². The van der Waals surface area contributed by atoms with Gasteiger partial charge in [0.2, 0.25) is 0 Å². The maximum absolute atomic E-state index is 12.7. The van der Waals surface area contributed by atoms with E-state index in [4.69, 9.17) is 4.74 Å². The maximum Gasteiger partial charge on any atom is 0.391 e. The van der Waals surface area contributed by atoms with Crippen molar-refractivity contribution < 1.29 is 22.7 Å². The summed E-state index contributed by atoms with van der Waals surface area (Å²) in [6.07, 6.45) is -3.92. The van der Waals surface area contributed by atoms with Crippen LogP contribution in [0.1, 0.15) is 25.7 Å². The fourth-order valence-corrected chi connectivity index (χ4v) is 2.61. The van der Waals surface area contributed by atoms with Crippen LogP contribution in [0.25, 0.3) is 0 Å². The van der Waals surface area contributed by atoms with Gasteiger partial charge in [0.1, 0.15) is 5.54 Å². The van der Waals surface area contributed by atoms with Crippen molar-refractivity contribution in [3.05, 3.63) is 0 Å². The molecule has 4 nitrogen and oxygen atoms in total. The van der Waals surface area contributed by atoms with Crippen LogP contribution < -0.4 is 5.32 Å². The van der Waals surface area contributed by atoms with Crippen LogP contribution in [-0.2, 0) is 9.53 Å². The molecular weight excluding hydrogens is 273 g/mol. The van der Waals surface area contributed by atoms with Crippen LogP contribution in [0.5, 0.6) is 0 Å². The lowest BCUT2D eigenvalue weighted by Crippen LogP contribution is -2.56. The van der Waals surface area contributed by atoms with E-state index in [1.54, 1.807) is 0 Å². The molecule has 1 saturated carbocycles. The molecule has 0 amide bonds. The summed E-state index contributed by atoms with van der Waals surface area (Å²) in [5.41, 5.74) is -0.966. The molecule has 0 heterocycles. The summed E-state index contributed by atoms with van der Waals surface area (Å²) in [4.78, 5) is 13.9. The van der Waals surface area contributed by atoms with Crippen molar-refractivity contribution in [3.63, 3.8) is 0 Å². The summed E-state index contributed by atoms with van der Waals surface area (Å²) in [5.74, 6) is -1.77. The van der Waals surface area contributed by atoms with E-state index in [9.17, 15) is 18.0 Å². The SMILES string of the molecule is COC(=O)C1(NCCN(C)C)CCC(C(F)(F)F)CC1. The molecule has 0 aromatic heterocycles. The highest BCUT2D eigenvalue weighted by Gasteiger charge is 2.49. The molecule has 1 N–H and O–H groups in total. The van der Waals surface area contributed by atoms with Gasteiger partial charge in [0.15, 0.2) is 0 Å². The molecule has 0 saturated heterocycles. The minimum absolute atomic E-state index is 0.0342. The average Bonchev–Trinajstić information content (AvgIpc) is 2.36. The summed E-state index contributed by atoms with van der Waals surface area (Å²) in [7, 11) is 5.06. The van der Waals surface area contributed by atoms with Crippen molar-refractivity contribution in [2.75, 3.05) is 34.3 Å². The average molecular weight is 296 g/mol.